The van der Waals surface area contributed by atoms with Gasteiger partial charge in [0.2, 0.25) is 5.91 Å². The molecule has 1 aromatic carbocycles. The van der Waals surface area contributed by atoms with Crippen LogP contribution in [0.5, 0.6) is 0 Å². The lowest BCUT2D eigenvalue weighted by Gasteiger charge is -2.41. The zero-order valence-corrected chi connectivity index (χ0v) is 18.5. The first kappa shape index (κ1) is 21.6. The lowest BCUT2D eigenvalue weighted by atomic mass is 9.93. The first-order valence-corrected chi connectivity index (χ1v) is 11.0. The summed E-state index contributed by atoms with van der Waals surface area (Å²) >= 11 is 12.1. The predicted octanol–water partition coefficient (Wildman–Crippen LogP) is 4.70. The molecule has 4 rings (SSSR count). The monoisotopic (exact) mass is 464 g/mol. The van der Waals surface area contributed by atoms with Crippen LogP contribution in [0.2, 0.25) is 10.0 Å². The number of nitrogens with one attached hydrogen (secondary N) is 3. The smallest absolute Gasteiger partial charge is 0.242 e. The zero-order valence-electron chi connectivity index (χ0n) is 17.0. The fraction of sp³-hybridized carbons (Fsp3) is 0.381. The van der Waals surface area contributed by atoms with Crippen LogP contribution in [0.4, 0.5) is 15.9 Å². The summed E-state index contributed by atoms with van der Waals surface area (Å²) in [5.74, 6) is 0.0163. The van der Waals surface area contributed by atoms with Crippen LogP contribution in [0, 0.1) is 5.82 Å². The Bertz CT molecular complexity index is 1070. The molecule has 2 aromatic heterocycles. The molecule has 1 aliphatic rings. The summed E-state index contributed by atoms with van der Waals surface area (Å²) in [6.45, 7) is 2.84. The molecule has 0 spiro atoms. The van der Waals surface area contributed by atoms with E-state index in [0.29, 0.717) is 39.1 Å². The Morgan fingerprint density at radius 3 is 2.81 bits per heavy atom. The third-order valence-electron chi connectivity index (χ3n) is 5.57. The molecular weight excluding hydrogens is 442 g/mol. The van der Waals surface area contributed by atoms with Gasteiger partial charge >= 0.3 is 0 Å². The summed E-state index contributed by atoms with van der Waals surface area (Å²) in [4.78, 5) is 26.0. The van der Waals surface area contributed by atoms with Gasteiger partial charge in [-0.1, -0.05) is 30.1 Å². The van der Waals surface area contributed by atoms with E-state index >= 15 is 0 Å². The number of anilines is 2. The molecule has 10 heteroatoms. The van der Waals surface area contributed by atoms with Crippen molar-refractivity contribution in [2.45, 2.75) is 38.3 Å². The highest BCUT2D eigenvalue weighted by molar-refractivity contribution is 6.35. The number of amides is 1. The maximum atomic E-state index is 14.2. The molecule has 0 radical (unpaired) electrons. The first-order valence-electron chi connectivity index (χ1n) is 10.2. The Labute approximate surface area is 189 Å². The number of fused-ring (bicyclic) bond motifs is 1. The number of carbonyl (C=O) groups is 1. The first-order chi connectivity index (χ1) is 15.0. The third kappa shape index (κ3) is 4.70. The Morgan fingerprint density at radius 2 is 2.06 bits per heavy atom. The van der Waals surface area contributed by atoms with Crippen molar-refractivity contribution in [2.75, 3.05) is 23.7 Å². The number of piperidine rings is 1. The van der Waals surface area contributed by atoms with Crippen molar-refractivity contribution >= 4 is 51.6 Å². The molecule has 3 heterocycles. The highest BCUT2D eigenvalue weighted by atomic mass is 35.5. The minimum Gasteiger partial charge on any atom is -0.376 e. The van der Waals surface area contributed by atoms with Crippen LogP contribution in [-0.2, 0) is 4.79 Å². The average molecular weight is 465 g/mol. The maximum Gasteiger partial charge on any atom is 0.242 e. The summed E-state index contributed by atoms with van der Waals surface area (Å²) in [5.41, 5.74) is 1.13. The predicted molar refractivity (Wildman–Crippen MR) is 121 cm³/mol. The van der Waals surface area contributed by atoms with Gasteiger partial charge in [-0.3, -0.25) is 4.79 Å². The molecule has 2 atom stereocenters. The van der Waals surface area contributed by atoms with Gasteiger partial charge in [0.05, 0.1) is 18.0 Å². The summed E-state index contributed by atoms with van der Waals surface area (Å²) in [6.07, 6.45) is 5.12. The van der Waals surface area contributed by atoms with Crippen LogP contribution in [0.1, 0.15) is 26.2 Å². The second-order valence-electron chi connectivity index (χ2n) is 7.55. The van der Waals surface area contributed by atoms with Crippen molar-refractivity contribution in [3.63, 3.8) is 0 Å². The van der Waals surface area contributed by atoms with Crippen molar-refractivity contribution in [3.05, 3.63) is 46.6 Å². The minimum atomic E-state index is -0.403. The van der Waals surface area contributed by atoms with Gasteiger partial charge in [0.25, 0.3) is 0 Å². The Hall–Kier alpha value is -2.58. The van der Waals surface area contributed by atoms with Crippen LogP contribution in [0.15, 0.2) is 30.7 Å². The molecular formula is C21H23Cl2FN6O. The summed E-state index contributed by atoms with van der Waals surface area (Å²) < 4.78 is 14.2. The fourth-order valence-corrected chi connectivity index (χ4v) is 4.71. The molecule has 0 aliphatic carbocycles. The molecule has 3 N–H and O–H groups in total. The standard InChI is InChI=1S/C21H23Cl2FN6O/c1-2-17-16(29-21-19-15(24)9-26-20(19)27-11-28-21)4-3-5-30(17)18(31)10-25-14-7-12(22)6-13(23)8-14/h6-9,11,16-17,25H,2-5,10H2,1H3,(H2,26,27,28,29)/t16-,17?/m1/s1. The minimum absolute atomic E-state index is 0.0184. The molecule has 164 valence electrons. The zero-order chi connectivity index (χ0) is 22.0. The molecule has 1 saturated heterocycles. The fourth-order valence-electron chi connectivity index (χ4n) is 4.19. The molecule has 0 saturated carbocycles. The van der Waals surface area contributed by atoms with Gasteiger partial charge in [-0.15, -0.1) is 0 Å². The number of hydrogen-bond acceptors (Lipinski definition) is 5. The van der Waals surface area contributed by atoms with E-state index in [9.17, 15) is 9.18 Å². The molecule has 1 unspecified atom stereocenters. The highest BCUT2D eigenvalue weighted by Gasteiger charge is 2.33. The van der Waals surface area contributed by atoms with Crippen LogP contribution >= 0.6 is 23.2 Å². The normalized spacial score (nSPS) is 18.9. The highest BCUT2D eigenvalue weighted by Crippen LogP contribution is 2.28. The number of nitrogens with zero attached hydrogens (tertiary/aromatic N) is 3. The molecule has 0 bridgehead atoms. The maximum absolute atomic E-state index is 14.2. The van der Waals surface area contributed by atoms with E-state index in [2.05, 4.69) is 25.6 Å². The lowest BCUT2D eigenvalue weighted by molar-refractivity contribution is -0.133. The summed E-state index contributed by atoms with van der Waals surface area (Å²) in [7, 11) is 0. The summed E-state index contributed by atoms with van der Waals surface area (Å²) in [6, 6.07) is 5.00. The Balaban J connectivity index is 1.47. The molecule has 31 heavy (non-hydrogen) atoms. The van der Waals surface area contributed by atoms with Crippen LogP contribution in [-0.4, -0.2) is 50.9 Å². The van der Waals surface area contributed by atoms with E-state index < -0.39 is 5.82 Å². The number of aromatic amines is 1. The van der Waals surface area contributed by atoms with E-state index in [4.69, 9.17) is 23.2 Å². The number of hydrogen-bond donors (Lipinski definition) is 3. The van der Waals surface area contributed by atoms with E-state index in [0.717, 1.165) is 19.3 Å². The SMILES string of the molecule is CCC1[C@H](Nc2ncnc3[nH]cc(F)c23)CCCN1C(=O)CNc1cc(Cl)cc(Cl)c1. The quantitative estimate of drug-likeness (QED) is 0.492. The number of halogens is 3. The van der Waals surface area contributed by atoms with Crippen molar-refractivity contribution in [2.24, 2.45) is 0 Å². The van der Waals surface area contributed by atoms with Crippen molar-refractivity contribution in [3.8, 4) is 0 Å². The van der Waals surface area contributed by atoms with Gasteiger partial charge in [-0.2, -0.15) is 0 Å². The average Bonchev–Trinajstić information content (AvgIpc) is 3.13. The van der Waals surface area contributed by atoms with Gasteiger partial charge in [-0.25, -0.2) is 14.4 Å². The molecule has 1 aliphatic heterocycles. The number of rotatable bonds is 6. The van der Waals surface area contributed by atoms with Crippen molar-refractivity contribution < 1.29 is 9.18 Å². The second-order valence-corrected chi connectivity index (χ2v) is 8.42. The van der Waals surface area contributed by atoms with E-state index in [-0.39, 0.29) is 24.5 Å². The molecule has 7 nitrogen and oxygen atoms in total. The van der Waals surface area contributed by atoms with Gasteiger partial charge < -0.3 is 20.5 Å². The topological polar surface area (TPSA) is 85.9 Å². The number of benzene rings is 1. The summed E-state index contributed by atoms with van der Waals surface area (Å²) in [5, 5.41) is 7.81. The third-order valence-corrected chi connectivity index (χ3v) is 6.00. The van der Waals surface area contributed by atoms with Crippen molar-refractivity contribution in [1.82, 2.24) is 19.9 Å². The Kier molecular flexibility index (Phi) is 6.48. The van der Waals surface area contributed by atoms with E-state index in [1.807, 2.05) is 11.8 Å². The number of likely N-dealkylation sites (tertiary alicyclic amines) is 1. The van der Waals surface area contributed by atoms with Gasteiger partial charge in [-0.05, 0) is 37.5 Å². The van der Waals surface area contributed by atoms with E-state index in [1.165, 1.54) is 12.5 Å². The van der Waals surface area contributed by atoms with E-state index in [1.54, 1.807) is 18.2 Å². The Morgan fingerprint density at radius 1 is 1.29 bits per heavy atom. The lowest BCUT2D eigenvalue weighted by Crippen LogP contribution is -2.54. The van der Waals surface area contributed by atoms with Crippen LogP contribution < -0.4 is 10.6 Å². The van der Waals surface area contributed by atoms with Gasteiger partial charge in [0.15, 0.2) is 5.82 Å². The van der Waals surface area contributed by atoms with Gasteiger partial charge in [0.1, 0.15) is 17.8 Å². The van der Waals surface area contributed by atoms with Crippen LogP contribution in [0.3, 0.4) is 0 Å². The number of H-pyrrole nitrogens is 1. The largest absolute Gasteiger partial charge is 0.376 e. The molecule has 1 amide bonds. The van der Waals surface area contributed by atoms with Crippen LogP contribution in [0.25, 0.3) is 11.0 Å². The second kappa shape index (κ2) is 9.28. The number of aromatic nitrogens is 3. The number of carbonyl (C=O) groups excluding carboxylic acids is 1. The molecule has 3 aromatic rings. The van der Waals surface area contributed by atoms with Crippen molar-refractivity contribution in [1.29, 1.82) is 0 Å². The molecule has 1 fully saturated rings. The van der Waals surface area contributed by atoms with Gasteiger partial charge in [0, 0.05) is 34.5 Å².